The maximum atomic E-state index is 12.6. The Kier molecular flexibility index (Phi) is 5.45. The van der Waals surface area contributed by atoms with Crippen LogP contribution in [0.25, 0.3) is 0 Å². The van der Waals surface area contributed by atoms with Gasteiger partial charge in [-0.1, -0.05) is 42.5 Å². The largest absolute Gasteiger partial charge is 0.369 e. The van der Waals surface area contributed by atoms with Gasteiger partial charge in [0.15, 0.2) is 0 Å². The minimum Gasteiger partial charge on any atom is -0.369 e. The highest BCUT2D eigenvalue weighted by Crippen LogP contribution is 2.24. The molecule has 0 atom stereocenters. The molecule has 0 aliphatic carbocycles. The van der Waals surface area contributed by atoms with Crippen LogP contribution in [-0.2, 0) is 16.4 Å². The number of nitrogens with zero attached hydrogens (tertiary/aromatic N) is 2. The molecule has 3 rings (SSSR count). The van der Waals surface area contributed by atoms with Crippen LogP contribution in [0.15, 0.2) is 48.5 Å². The lowest BCUT2D eigenvalue weighted by molar-refractivity contribution is 0.384. The fourth-order valence-corrected chi connectivity index (χ4v) is 4.78. The molecule has 0 unspecified atom stereocenters. The molecule has 1 saturated heterocycles. The van der Waals surface area contributed by atoms with E-state index in [1.807, 2.05) is 30.3 Å². The Morgan fingerprint density at radius 1 is 0.880 bits per heavy atom. The third-order valence-corrected chi connectivity index (χ3v) is 6.91. The van der Waals surface area contributed by atoms with Crippen molar-refractivity contribution in [1.29, 1.82) is 0 Å². The Balaban J connectivity index is 1.60. The van der Waals surface area contributed by atoms with E-state index in [9.17, 15) is 8.42 Å². The van der Waals surface area contributed by atoms with E-state index in [4.69, 9.17) is 0 Å². The standard InChI is InChI=1S/C20H26N2O2S/c1-17-7-6-10-20(18(17)2)21-12-14-22(15-13-21)25(23,24)16-11-19-8-4-3-5-9-19/h3-10H,11-16H2,1-2H3. The van der Waals surface area contributed by atoms with Gasteiger partial charge in [-0.3, -0.25) is 0 Å². The quantitative estimate of drug-likeness (QED) is 0.825. The first-order valence-corrected chi connectivity index (χ1v) is 10.4. The van der Waals surface area contributed by atoms with Crippen LogP contribution < -0.4 is 4.90 Å². The molecule has 0 spiro atoms. The highest BCUT2D eigenvalue weighted by atomic mass is 32.2. The molecule has 0 saturated carbocycles. The molecule has 1 heterocycles. The number of aryl methyl sites for hydroxylation is 2. The first-order chi connectivity index (χ1) is 12.0. The molecular formula is C20H26N2O2S. The van der Waals surface area contributed by atoms with Gasteiger partial charge in [0.1, 0.15) is 0 Å². The topological polar surface area (TPSA) is 40.6 Å². The van der Waals surface area contributed by atoms with Crippen LogP contribution in [0.5, 0.6) is 0 Å². The van der Waals surface area contributed by atoms with Crippen LogP contribution in [0, 0.1) is 13.8 Å². The number of anilines is 1. The molecule has 1 aliphatic heterocycles. The molecule has 25 heavy (non-hydrogen) atoms. The van der Waals surface area contributed by atoms with Gasteiger partial charge in [0.25, 0.3) is 0 Å². The SMILES string of the molecule is Cc1cccc(N2CCN(S(=O)(=O)CCc3ccccc3)CC2)c1C. The zero-order valence-corrected chi connectivity index (χ0v) is 15.8. The van der Waals surface area contributed by atoms with E-state index >= 15 is 0 Å². The van der Waals surface area contributed by atoms with E-state index in [0.29, 0.717) is 19.5 Å². The molecule has 0 bridgehead atoms. The average Bonchev–Trinajstić information content (AvgIpc) is 2.63. The molecule has 4 nitrogen and oxygen atoms in total. The summed E-state index contributed by atoms with van der Waals surface area (Å²) in [6.07, 6.45) is 0.570. The summed E-state index contributed by atoms with van der Waals surface area (Å²) in [5, 5.41) is 0. The first-order valence-electron chi connectivity index (χ1n) is 8.80. The maximum absolute atomic E-state index is 12.6. The van der Waals surface area contributed by atoms with Crippen LogP contribution in [0.3, 0.4) is 0 Å². The lowest BCUT2D eigenvalue weighted by Gasteiger charge is -2.36. The van der Waals surface area contributed by atoms with Gasteiger partial charge in [-0.05, 0) is 43.0 Å². The summed E-state index contributed by atoms with van der Waals surface area (Å²) in [4.78, 5) is 2.30. The molecule has 0 N–H and O–H groups in total. The third-order valence-electron chi connectivity index (χ3n) is 5.04. The van der Waals surface area contributed by atoms with Crippen LogP contribution in [0.4, 0.5) is 5.69 Å². The van der Waals surface area contributed by atoms with Crippen LogP contribution in [0.1, 0.15) is 16.7 Å². The van der Waals surface area contributed by atoms with Crippen molar-refractivity contribution in [2.75, 3.05) is 36.8 Å². The smallest absolute Gasteiger partial charge is 0.214 e. The zero-order valence-electron chi connectivity index (χ0n) is 15.0. The van der Waals surface area contributed by atoms with Crippen molar-refractivity contribution in [1.82, 2.24) is 4.31 Å². The highest BCUT2D eigenvalue weighted by molar-refractivity contribution is 7.89. The molecule has 2 aromatic carbocycles. The third kappa shape index (κ3) is 4.22. The van der Waals surface area contributed by atoms with Gasteiger partial charge in [0.2, 0.25) is 10.0 Å². The van der Waals surface area contributed by atoms with Gasteiger partial charge >= 0.3 is 0 Å². The fraction of sp³-hybridized carbons (Fsp3) is 0.400. The van der Waals surface area contributed by atoms with Gasteiger partial charge in [-0.2, -0.15) is 4.31 Å². The van der Waals surface area contributed by atoms with Crippen molar-refractivity contribution < 1.29 is 8.42 Å². The van der Waals surface area contributed by atoms with Gasteiger partial charge in [0.05, 0.1) is 5.75 Å². The molecule has 1 fully saturated rings. The van der Waals surface area contributed by atoms with E-state index in [-0.39, 0.29) is 5.75 Å². The molecule has 0 radical (unpaired) electrons. The predicted octanol–water partition coefficient (Wildman–Crippen LogP) is 3.00. The molecule has 1 aliphatic rings. The van der Waals surface area contributed by atoms with Crippen LogP contribution in [0.2, 0.25) is 0 Å². The zero-order chi connectivity index (χ0) is 17.9. The van der Waals surface area contributed by atoms with Gasteiger partial charge in [-0.15, -0.1) is 0 Å². The number of benzene rings is 2. The van der Waals surface area contributed by atoms with Gasteiger partial charge < -0.3 is 4.90 Å². The second-order valence-corrected chi connectivity index (χ2v) is 8.75. The van der Waals surface area contributed by atoms with Gasteiger partial charge in [0, 0.05) is 31.9 Å². The summed E-state index contributed by atoms with van der Waals surface area (Å²) in [6.45, 7) is 6.86. The molecule has 2 aromatic rings. The van der Waals surface area contributed by atoms with Crippen molar-refractivity contribution in [2.45, 2.75) is 20.3 Å². The molecule has 0 amide bonds. The Bertz CT molecular complexity index is 811. The monoisotopic (exact) mass is 358 g/mol. The Labute approximate surface area is 151 Å². The second-order valence-electron chi connectivity index (χ2n) is 6.66. The van der Waals surface area contributed by atoms with E-state index in [1.54, 1.807) is 4.31 Å². The number of hydrogen-bond donors (Lipinski definition) is 0. The number of piperazine rings is 1. The van der Waals surface area contributed by atoms with Gasteiger partial charge in [-0.25, -0.2) is 8.42 Å². The fourth-order valence-electron chi connectivity index (χ4n) is 3.31. The molecular weight excluding hydrogens is 332 g/mol. The Morgan fingerprint density at radius 2 is 1.56 bits per heavy atom. The van der Waals surface area contributed by atoms with Crippen LogP contribution >= 0.6 is 0 Å². The van der Waals surface area contributed by atoms with Crippen molar-refractivity contribution in [2.24, 2.45) is 0 Å². The van der Waals surface area contributed by atoms with Crippen molar-refractivity contribution >= 4 is 15.7 Å². The number of hydrogen-bond acceptors (Lipinski definition) is 3. The molecule has 0 aromatic heterocycles. The van der Waals surface area contributed by atoms with E-state index in [2.05, 4.69) is 36.9 Å². The average molecular weight is 359 g/mol. The summed E-state index contributed by atoms with van der Waals surface area (Å²) in [7, 11) is -3.20. The number of rotatable bonds is 5. The maximum Gasteiger partial charge on any atom is 0.214 e. The van der Waals surface area contributed by atoms with E-state index in [1.165, 1.54) is 16.8 Å². The highest BCUT2D eigenvalue weighted by Gasteiger charge is 2.27. The Morgan fingerprint density at radius 3 is 2.24 bits per heavy atom. The minimum absolute atomic E-state index is 0.181. The summed E-state index contributed by atoms with van der Waals surface area (Å²) < 4.78 is 26.9. The summed E-state index contributed by atoms with van der Waals surface area (Å²) in [5.41, 5.74) is 4.85. The van der Waals surface area contributed by atoms with Crippen molar-refractivity contribution in [3.05, 3.63) is 65.2 Å². The first kappa shape index (κ1) is 18.0. The summed E-state index contributed by atoms with van der Waals surface area (Å²) in [6, 6.07) is 16.1. The lowest BCUT2D eigenvalue weighted by atomic mass is 10.1. The molecule has 5 heteroatoms. The summed E-state index contributed by atoms with van der Waals surface area (Å²) >= 11 is 0. The predicted molar refractivity (Wildman–Crippen MR) is 104 cm³/mol. The van der Waals surface area contributed by atoms with Crippen molar-refractivity contribution in [3.63, 3.8) is 0 Å². The van der Waals surface area contributed by atoms with Crippen molar-refractivity contribution in [3.8, 4) is 0 Å². The van der Waals surface area contributed by atoms with E-state index in [0.717, 1.165) is 18.7 Å². The Hall–Kier alpha value is -1.85. The van der Waals surface area contributed by atoms with Crippen LogP contribution in [-0.4, -0.2) is 44.7 Å². The normalized spacial score (nSPS) is 16.2. The molecule has 134 valence electrons. The number of sulfonamides is 1. The lowest BCUT2D eigenvalue weighted by Crippen LogP contribution is -2.49. The second kappa shape index (κ2) is 7.58. The summed E-state index contributed by atoms with van der Waals surface area (Å²) in [5.74, 6) is 0.181. The van der Waals surface area contributed by atoms with E-state index < -0.39 is 10.0 Å². The minimum atomic E-state index is -3.20.